The molecular formula is C42H62N12O12S3. The van der Waals surface area contributed by atoms with Crippen LogP contribution >= 0.6 is 34.2 Å². The second kappa shape index (κ2) is 28.3. The molecule has 0 unspecified atom stereocenters. The number of carbonyl (C=O) groups is 10. The Kier molecular flexibility index (Phi) is 23.4. The fourth-order valence-electron chi connectivity index (χ4n) is 6.99. The van der Waals surface area contributed by atoms with E-state index in [2.05, 4.69) is 54.5 Å². The summed E-state index contributed by atoms with van der Waals surface area (Å²) in [5.41, 5.74) is 15.8. The number of benzene rings is 1. The fourth-order valence-corrected chi connectivity index (χ4v) is 9.24. The van der Waals surface area contributed by atoms with Gasteiger partial charge in [0.25, 0.3) is 0 Å². The quantitative estimate of drug-likeness (QED) is 0.0135. The van der Waals surface area contributed by atoms with Gasteiger partial charge >= 0.3 is 11.9 Å². The summed E-state index contributed by atoms with van der Waals surface area (Å²) >= 11 is 4.03. The molecule has 8 amide bonds. The first-order valence-corrected chi connectivity index (χ1v) is 25.0. The van der Waals surface area contributed by atoms with Gasteiger partial charge in [-0.2, -0.15) is 12.6 Å². The van der Waals surface area contributed by atoms with Gasteiger partial charge in [0.15, 0.2) is 5.96 Å². The summed E-state index contributed by atoms with van der Waals surface area (Å²) in [5.74, 6) is -8.26. The van der Waals surface area contributed by atoms with Gasteiger partial charge in [0, 0.05) is 60.3 Å². The number of unbranched alkanes of at least 4 members (excludes halogenated alkanes) is 1. The van der Waals surface area contributed by atoms with E-state index in [4.69, 9.17) is 22.3 Å². The van der Waals surface area contributed by atoms with Crippen LogP contribution in [0.4, 0.5) is 0 Å². The Bertz CT molecular complexity index is 2210. The molecule has 1 aromatic heterocycles. The summed E-state index contributed by atoms with van der Waals surface area (Å²) in [6, 6.07) is 0.622. The molecule has 24 nitrogen and oxygen atoms in total. The molecule has 1 aliphatic heterocycles. The molecular weight excluding hydrogens is 961 g/mol. The second-order valence-corrected chi connectivity index (χ2v) is 19.5. The summed E-state index contributed by atoms with van der Waals surface area (Å²) in [6.45, 7) is 2.38. The average Bonchev–Trinajstić information content (AvgIpc) is 3.94. The van der Waals surface area contributed by atoms with Crippen LogP contribution in [0.1, 0.15) is 70.8 Å². The number of thiol groups is 1. The molecule has 0 aliphatic carbocycles. The van der Waals surface area contributed by atoms with E-state index < -0.39 is 108 Å². The van der Waals surface area contributed by atoms with Crippen molar-refractivity contribution < 1.29 is 58.2 Å². The first kappa shape index (κ1) is 57.1. The maximum absolute atomic E-state index is 14.5. The Morgan fingerprint density at radius 3 is 2.19 bits per heavy atom. The number of carboxylic acids is 2. The topological polar surface area (TPSA) is 393 Å². The third-order valence-electron chi connectivity index (χ3n) is 10.6. The molecule has 0 saturated carbocycles. The Morgan fingerprint density at radius 2 is 1.54 bits per heavy atom. The number of aromatic amines is 1. The van der Waals surface area contributed by atoms with Gasteiger partial charge in [-0.3, -0.25) is 52.9 Å². The minimum Gasteiger partial charge on any atom is -0.481 e. The van der Waals surface area contributed by atoms with Crippen LogP contribution in [0.25, 0.3) is 10.9 Å². The molecule has 15 N–H and O–H groups in total. The molecule has 5 atom stereocenters. The van der Waals surface area contributed by atoms with Crippen LogP contribution in [0.3, 0.4) is 0 Å². The van der Waals surface area contributed by atoms with Crippen LogP contribution in [0.15, 0.2) is 35.5 Å². The predicted molar refractivity (Wildman–Crippen MR) is 261 cm³/mol. The smallest absolute Gasteiger partial charge is 0.305 e. The van der Waals surface area contributed by atoms with Crippen LogP contribution in [0.5, 0.6) is 0 Å². The lowest BCUT2D eigenvalue weighted by Crippen LogP contribution is -2.62. The number of hydrogen-bond acceptors (Lipinski definition) is 14. The van der Waals surface area contributed by atoms with Gasteiger partial charge in [-0.25, -0.2) is 0 Å². The van der Waals surface area contributed by atoms with Crippen molar-refractivity contribution in [2.75, 3.05) is 36.9 Å². The van der Waals surface area contributed by atoms with Crippen molar-refractivity contribution in [1.29, 1.82) is 0 Å². The number of carboxylic acid groups (broad SMARTS) is 2. The van der Waals surface area contributed by atoms with Gasteiger partial charge in [-0.05, 0) is 57.6 Å². The highest BCUT2D eigenvalue weighted by Crippen LogP contribution is 2.25. The Morgan fingerprint density at radius 1 is 0.855 bits per heavy atom. The van der Waals surface area contributed by atoms with E-state index in [0.717, 1.165) is 0 Å². The standard InChI is InChI=1S/C42H62N12O12S3/c1-42(2,40(66)52-29(22-67)35(43)61)53-38(64)30-11-7-15-54(30)39(65)28(18-23-20-47-25-9-4-3-8-24(23)25)51-37(63)27(19-34(59)60)50-32(56)21-48-36(62)26(10-5-6-14-46-41(44)45)49-31(55)12-16-68-69-17-13-33(57)58/h3-4,8-9,20,26-30,47,67H,5-7,10-19,21-22H2,1-2H3,(H2,43,61)(H,48,62)(H,49,55)(H,50,56)(H,51,63)(H,52,66)(H,53,64)(H,57,58)(H,59,60)(H4,44,45,46)/t26-,27-,28-,29-,30-/m0/s1. The van der Waals surface area contributed by atoms with Crippen molar-refractivity contribution in [3.63, 3.8) is 0 Å². The largest absolute Gasteiger partial charge is 0.481 e. The SMILES string of the molecule is CC(C)(NC(=O)[C@@H]1CCCN1C(=O)[C@H](Cc1c[nH]c2ccccc12)NC(=O)[C@H](CC(=O)O)NC(=O)CNC(=O)[C@H](CCCCN=C(N)N)NC(=O)CCSSCCC(=O)O)C(=O)N[C@@H](CS)C(N)=O. The molecule has 1 fully saturated rings. The number of likely N-dealkylation sites (tertiary alicyclic amines) is 1. The molecule has 380 valence electrons. The molecule has 27 heteroatoms. The Labute approximate surface area is 411 Å². The summed E-state index contributed by atoms with van der Waals surface area (Å²) < 4.78 is 0. The van der Waals surface area contributed by atoms with Crippen molar-refractivity contribution in [2.24, 2.45) is 22.2 Å². The number of nitrogens with two attached hydrogens (primary N) is 3. The van der Waals surface area contributed by atoms with Crippen LogP contribution in [0, 0.1) is 0 Å². The monoisotopic (exact) mass is 1020 g/mol. The second-order valence-electron chi connectivity index (χ2n) is 16.4. The molecule has 1 aliphatic rings. The highest BCUT2D eigenvalue weighted by molar-refractivity contribution is 8.76. The number of aromatic nitrogens is 1. The van der Waals surface area contributed by atoms with Crippen LogP contribution in [0.2, 0.25) is 0 Å². The number of guanidine groups is 1. The molecule has 1 saturated heterocycles. The molecule has 0 bridgehead atoms. The van der Waals surface area contributed by atoms with Gasteiger partial charge in [0.1, 0.15) is 35.7 Å². The van der Waals surface area contributed by atoms with E-state index in [-0.39, 0.29) is 56.9 Å². The highest BCUT2D eigenvalue weighted by Gasteiger charge is 2.42. The molecule has 1 aromatic carbocycles. The summed E-state index contributed by atoms with van der Waals surface area (Å²) in [6.07, 6.45) is 2.02. The predicted octanol–water partition coefficient (Wildman–Crippen LogP) is -1.77. The van der Waals surface area contributed by atoms with Crippen molar-refractivity contribution in [3.8, 4) is 0 Å². The van der Waals surface area contributed by atoms with Crippen LogP contribution in [-0.4, -0.2) is 158 Å². The number of primary amides is 1. The first-order chi connectivity index (χ1) is 32.6. The van der Waals surface area contributed by atoms with E-state index in [1.54, 1.807) is 30.5 Å². The van der Waals surface area contributed by atoms with Gasteiger partial charge in [0.2, 0.25) is 47.3 Å². The zero-order valence-electron chi connectivity index (χ0n) is 38.2. The normalized spacial score (nSPS) is 15.1. The number of hydrogen-bond donors (Lipinski definition) is 13. The minimum atomic E-state index is -1.76. The van der Waals surface area contributed by atoms with Gasteiger partial charge in [-0.15, -0.1) is 0 Å². The number of nitrogens with zero attached hydrogens (tertiary/aromatic N) is 2. The molecule has 2 aromatic rings. The van der Waals surface area contributed by atoms with Gasteiger partial charge < -0.3 is 69.2 Å². The van der Waals surface area contributed by atoms with E-state index >= 15 is 0 Å². The van der Waals surface area contributed by atoms with Crippen molar-refractivity contribution in [1.82, 2.24) is 41.8 Å². The van der Waals surface area contributed by atoms with Gasteiger partial charge in [0.05, 0.1) is 19.4 Å². The maximum atomic E-state index is 14.5. The molecule has 2 heterocycles. The number of H-pyrrole nitrogens is 1. The van der Waals surface area contributed by atoms with Crippen LogP contribution < -0.4 is 49.1 Å². The molecule has 0 spiro atoms. The number of fused-ring (bicyclic) bond motifs is 1. The third-order valence-corrected chi connectivity index (χ3v) is 13.4. The zero-order valence-corrected chi connectivity index (χ0v) is 40.8. The number of para-hydroxylation sites is 1. The van der Waals surface area contributed by atoms with E-state index in [9.17, 15) is 53.1 Å². The van der Waals surface area contributed by atoms with Crippen molar-refractivity contribution in [3.05, 3.63) is 36.0 Å². The minimum absolute atomic E-state index is 0.00167. The highest BCUT2D eigenvalue weighted by atomic mass is 33.1. The van der Waals surface area contributed by atoms with E-state index in [1.807, 2.05) is 0 Å². The van der Waals surface area contributed by atoms with E-state index in [1.165, 1.54) is 40.3 Å². The van der Waals surface area contributed by atoms with Crippen molar-refractivity contribution in [2.45, 2.75) is 107 Å². The number of rotatable bonds is 30. The molecule has 0 radical (unpaired) electrons. The lowest BCUT2D eigenvalue weighted by Gasteiger charge is -2.32. The Balaban J connectivity index is 1.77. The Hall–Kier alpha value is -6.22. The number of nitrogens with one attached hydrogen (secondary N) is 7. The number of aliphatic imine (C=N–C) groups is 1. The summed E-state index contributed by atoms with van der Waals surface area (Å²) in [7, 11) is 2.58. The summed E-state index contributed by atoms with van der Waals surface area (Å²) in [5, 5.41) is 34.3. The van der Waals surface area contributed by atoms with E-state index in [0.29, 0.717) is 47.2 Å². The maximum Gasteiger partial charge on any atom is 0.305 e. The summed E-state index contributed by atoms with van der Waals surface area (Å²) in [4.78, 5) is 138. The lowest BCUT2D eigenvalue weighted by molar-refractivity contribution is -0.144. The van der Waals surface area contributed by atoms with Gasteiger partial charge in [-0.1, -0.05) is 39.8 Å². The number of amides is 8. The average molecular weight is 1020 g/mol. The third kappa shape index (κ3) is 19.4. The van der Waals surface area contributed by atoms with Crippen LogP contribution in [-0.2, 0) is 54.4 Å². The number of carbonyl (C=O) groups excluding carboxylic acids is 8. The zero-order chi connectivity index (χ0) is 51.3. The lowest BCUT2D eigenvalue weighted by atomic mass is 10.0. The van der Waals surface area contributed by atoms with Crippen molar-refractivity contribution >= 4 is 110 Å². The number of aliphatic carboxylic acids is 2. The molecule has 3 rings (SSSR count). The molecule has 69 heavy (non-hydrogen) atoms. The first-order valence-electron chi connectivity index (χ1n) is 21.9. The fraction of sp³-hybridized carbons (Fsp3) is 0.548.